The largest absolute Gasteiger partial charge is 0.462 e. The van der Waals surface area contributed by atoms with E-state index in [1.54, 1.807) is 12.2 Å². The molecule has 0 bridgehead atoms. The van der Waals surface area contributed by atoms with Crippen molar-refractivity contribution in [1.29, 1.82) is 0 Å². The number of carbonyl (C=O) groups is 3. The van der Waals surface area contributed by atoms with Crippen molar-refractivity contribution in [3.05, 3.63) is 23.8 Å². The van der Waals surface area contributed by atoms with Crippen LogP contribution in [0.15, 0.2) is 23.8 Å². The van der Waals surface area contributed by atoms with Gasteiger partial charge in [-0.1, -0.05) is 33.8 Å². The SMILES string of the molecule is CC(=O)O[C@@H]1C[C@H]2C(C)(C)C(=O)C=C[C@]2(C)[C@H]2CC[C@]3(C)OC(=O)C=C3[C@@]21C. The molecule has 0 spiro atoms. The first-order valence-electron chi connectivity index (χ1n) is 10.2. The summed E-state index contributed by atoms with van der Waals surface area (Å²) in [7, 11) is 0. The van der Waals surface area contributed by atoms with Gasteiger partial charge in [-0.15, -0.1) is 0 Å². The number of allylic oxidation sites excluding steroid dienone is 2. The molecule has 1 heterocycles. The molecule has 152 valence electrons. The zero-order valence-electron chi connectivity index (χ0n) is 17.6. The lowest BCUT2D eigenvalue weighted by molar-refractivity contribution is -0.192. The van der Waals surface area contributed by atoms with E-state index in [4.69, 9.17) is 9.47 Å². The van der Waals surface area contributed by atoms with E-state index in [1.165, 1.54) is 6.92 Å². The van der Waals surface area contributed by atoms with Crippen LogP contribution in [0.4, 0.5) is 0 Å². The van der Waals surface area contributed by atoms with Crippen molar-refractivity contribution in [2.45, 2.75) is 72.5 Å². The highest BCUT2D eigenvalue weighted by Gasteiger charge is 2.68. The Morgan fingerprint density at radius 3 is 2.46 bits per heavy atom. The van der Waals surface area contributed by atoms with Crippen molar-refractivity contribution in [2.24, 2.45) is 28.1 Å². The summed E-state index contributed by atoms with van der Waals surface area (Å²) in [6.07, 6.45) is 7.22. The first-order valence-corrected chi connectivity index (χ1v) is 10.2. The Kier molecular flexibility index (Phi) is 3.87. The van der Waals surface area contributed by atoms with Crippen molar-refractivity contribution < 1.29 is 23.9 Å². The Balaban J connectivity index is 1.91. The predicted octanol–water partition coefficient (Wildman–Crippen LogP) is 3.77. The summed E-state index contributed by atoms with van der Waals surface area (Å²) in [5.74, 6) is -0.326. The van der Waals surface area contributed by atoms with Crippen LogP contribution < -0.4 is 0 Å². The molecule has 0 aromatic carbocycles. The third-order valence-electron chi connectivity index (χ3n) is 8.40. The van der Waals surface area contributed by atoms with E-state index in [2.05, 4.69) is 19.9 Å². The van der Waals surface area contributed by atoms with Crippen molar-refractivity contribution in [3.8, 4) is 0 Å². The molecule has 4 rings (SSSR count). The van der Waals surface area contributed by atoms with Crippen LogP contribution in [0.5, 0.6) is 0 Å². The summed E-state index contributed by atoms with van der Waals surface area (Å²) in [4.78, 5) is 36.9. The van der Waals surface area contributed by atoms with Gasteiger partial charge in [-0.05, 0) is 55.1 Å². The monoisotopic (exact) mass is 386 g/mol. The third-order valence-corrected chi connectivity index (χ3v) is 8.40. The molecular weight excluding hydrogens is 356 g/mol. The molecule has 2 saturated carbocycles. The molecular formula is C23H30O5. The number of carbonyl (C=O) groups excluding carboxylic acids is 3. The molecule has 0 aromatic heterocycles. The molecule has 4 aliphatic rings. The van der Waals surface area contributed by atoms with Gasteiger partial charge in [0.1, 0.15) is 11.7 Å². The fourth-order valence-electron chi connectivity index (χ4n) is 7.02. The van der Waals surface area contributed by atoms with Gasteiger partial charge < -0.3 is 9.47 Å². The summed E-state index contributed by atoms with van der Waals surface area (Å²) >= 11 is 0. The van der Waals surface area contributed by atoms with Crippen LogP contribution in [0.3, 0.4) is 0 Å². The topological polar surface area (TPSA) is 69.7 Å². The summed E-state index contributed by atoms with van der Waals surface area (Å²) in [5, 5.41) is 0. The summed E-state index contributed by atoms with van der Waals surface area (Å²) in [6.45, 7) is 11.8. The van der Waals surface area contributed by atoms with E-state index >= 15 is 0 Å². The lowest BCUT2D eigenvalue weighted by atomic mass is 9.40. The number of esters is 2. The molecule has 3 aliphatic carbocycles. The van der Waals surface area contributed by atoms with E-state index in [0.29, 0.717) is 6.42 Å². The summed E-state index contributed by atoms with van der Waals surface area (Å²) in [5.41, 5.74) is -0.975. The van der Waals surface area contributed by atoms with Crippen LogP contribution in [0.25, 0.3) is 0 Å². The fraction of sp³-hybridized carbons (Fsp3) is 0.696. The Morgan fingerprint density at radius 1 is 1.14 bits per heavy atom. The van der Waals surface area contributed by atoms with Crippen molar-refractivity contribution >= 4 is 17.7 Å². The Labute approximate surface area is 166 Å². The van der Waals surface area contributed by atoms with Gasteiger partial charge in [0, 0.05) is 23.8 Å². The highest BCUT2D eigenvalue weighted by Crippen LogP contribution is 2.69. The smallest absolute Gasteiger partial charge is 0.331 e. The van der Waals surface area contributed by atoms with Crippen LogP contribution in [0, 0.1) is 28.1 Å². The Hall–Kier alpha value is -1.91. The number of hydrogen-bond donors (Lipinski definition) is 0. The molecule has 0 N–H and O–H groups in total. The van der Waals surface area contributed by atoms with Gasteiger partial charge in [0.2, 0.25) is 0 Å². The maximum atomic E-state index is 12.7. The van der Waals surface area contributed by atoms with E-state index in [1.807, 2.05) is 20.8 Å². The zero-order chi connectivity index (χ0) is 20.7. The highest BCUT2D eigenvalue weighted by atomic mass is 16.6. The van der Waals surface area contributed by atoms with Crippen molar-refractivity contribution in [1.82, 2.24) is 0 Å². The first kappa shape index (κ1) is 19.4. The highest BCUT2D eigenvalue weighted by molar-refractivity contribution is 5.96. The molecule has 0 saturated heterocycles. The summed E-state index contributed by atoms with van der Waals surface area (Å²) < 4.78 is 11.6. The van der Waals surface area contributed by atoms with Crippen molar-refractivity contribution in [3.63, 3.8) is 0 Å². The number of ether oxygens (including phenoxy) is 2. The second kappa shape index (κ2) is 5.58. The normalized spacial score (nSPS) is 46.1. The van der Waals surface area contributed by atoms with Gasteiger partial charge in [0.15, 0.2) is 5.78 Å². The second-order valence-electron chi connectivity index (χ2n) is 10.3. The molecule has 1 aliphatic heterocycles. The lowest BCUT2D eigenvalue weighted by Gasteiger charge is -2.65. The maximum absolute atomic E-state index is 12.7. The van der Waals surface area contributed by atoms with Gasteiger partial charge in [0.05, 0.1) is 0 Å². The first-order chi connectivity index (χ1) is 12.9. The molecule has 5 nitrogen and oxygen atoms in total. The molecule has 28 heavy (non-hydrogen) atoms. The van der Waals surface area contributed by atoms with Gasteiger partial charge in [-0.25, -0.2) is 4.79 Å². The average molecular weight is 386 g/mol. The minimum absolute atomic E-state index is 0.0582. The van der Waals surface area contributed by atoms with Crippen LogP contribution >= 0.6 is 0 Å². The number of hydrogen-bond acceptors (Lipinski definition) is 5. The van der Waals surface area contributed by atoms with Crippen molar-refractivity contribution in [2.75, 3.05) is 0 Å². The Bertz CT molecular complexity index is 836. The molecule has 0 radical (unpaired) electrons. The van der Waals surface area contributed by atoms with E-state index in [0.717, 1.165) is 18.4 Å². The zero-order valence-corrected chi connectivity index (χ0v) is 17.6. The van der Waals surface area contributed by atoms with E-state index in [9.17, 15) is 14.4 Å². The minimum atomic E-state index is -0.645. The van der Waals surface area contributed by atoms with E-state index < -0.39 is 22.5 Å². The summed E-state index contributed by atoms with van der Waals surface area (Å²) in [6, 6.07) is 0. The minimum Gasteiger partial charge on any atom is -0.462 e. The Morgan fingerprint density at radius 2 is 1.82 bits per heavy atom. The molecule has 2 fully saturated rings. The second-order valence-corrected chi connectivity index (χ2v) is 10.3. The number of rotatable bonds is 1. The van der Waals surface area contributed by atoms with Gasteiger partial charge in [-0.3, -0.25) is 9.59 Å². The predicted molar refractivity (Wildman–Crippen MR) is 103 cm³/mol. The molecule has 0 amide bonds. The molecule has 0 aromatic rings. The third kappa shape index (κ3) is 2.28. The molecule has 6 atom stereocenters. The molecule has 5 heteroatoms. The number of fused-ring (bicyclic) bond motifs is 5. The van der Waals surface area contributed by atoms with Crippen LogP contribution in [0.1, 0.15) is 60.8 Å². The molecule has 0 unspecified atom stereocenters. The van der Waals surface area contributed by atoms with E-state index in [-0.39, 0.29) is 35.0 Å². The standard InChI is InChI=1S/C23H30O5/c1-13(24)27-18-11-15-20(2,3)17(25)8-9-21(15,4)14-7-10-22(5)16(23(14,18)6)12-19(26)28-22/h8-9,12,14-15,18H,7,10-11H2,1-6H3/t14-,15+,18-,21-,22+,23-/m1/s1. The fourth-order valence-corrected chi connectivity index (χ4v) is 7.02. The van der Waals surface area contributed by atoms with Gasteiger partial charge in [0.25, 0.3) is 0 Å². The number of ketones is 1. The lowest BCUT2D eigenvalue weighted by Crippen LogP contribution is -2.64. The van der Waals surface area contributed by atoms with Crippen LogP contribution in [0.2, 0.25) is 0 Å². The van der Waals surface area contributed by atoms with Gasteiger partial charge in [-0.2, -0.15) is 0 Å². The maximum Gasteiger partial charge on any atom is 0.331 e. The quantitative estimate of drug-likeness (QED) is 0.642. The van der Waals surface area contributed by atoms with Gasteiger partial charge >= 0.3 is 11.9 Å². The van der Waals surface area contributed by atoms with Crippen LogP contribution in [-0.2, 0) is 23.9 Å². The average Bonchev–Trinajstić information content (AvgIpc) is 2.89. The van der Waals surface area contributed by atoms with Crippen LogP contribution in [-0.4, -0.2) is 29.4 Å².